The highest BCUT2D eigenvalue weighted by Gasteiger charge is 2.31. The second kappa shape index (κ2) is 10.2. The zero-order valence-corrected chi connectivity index (χ0v) is 19.9. The van der Waals surface area contributed by atoms with Crippen LogP contribution in [0, 0.1) is 5.92 Å². The van der Waals surface area contributed by atoms with Crippen LogP contribution in [0.25, 0.3) is 11.5 Å². The van der Waals surface area contributed by atoms with E-state index in [0.717, 1.165) is 24.1 Å². The molecule has 5 rings (SSSR count). The van der Waals surface area contributed by atoms with Gasteiger partial charge in [0.25, 0.3) is 5.91 Å². The summed E-state index contributed by atoms with van der Waals surface area (Å²) >= 11 is 5.94. The number of aromatic nitrogens is 3. The molecule has 0 radical (unpaired) electrons. The minimum Gasteiger partial charge on any atom is -0.352 e. The minimum atomic E-state index is -0.251. The second-order valence-electron chi connectivity index (χ2n) is 8.65. The maximum absolute atomic E-state index is 13.7. The quantitative estimate of drug-likeness (QED) is 0.435. The molecule has 2 amide bonds. The van der Waals surface area contributed by atoms with Crippen molar-refractivity contribution >= 4 is 23.4 Å². The average Bonchev–Trinajstić information content (AvgIpc) is 3.58. The third kappa shape index (κ3) is 5.00. The van der Waals surface area contributed by atoms with Crippen LogP contribution in [0.1, 0.15) is 28.8 Å². The number of para-hydroxylation sites is 1. The summed E-state index contributed by atoms with van der Waals surface area (Å²) < 4.78 is 3.67. The van der Waals surface area contributed by atoms with Crippen molar-refractivity contribution in [3.8, 4) is 11.5 Å². The van der Waals surface area contributed by atoms with E-state index in [2.05, 4.69) is 10.4 Å². The molecule has 178 valence electrons. The van der Waals surface area contributed by atoms with Gasteiger partial charge in [0.15, 0.2) is 5.82 Å². The van der Waals surface area contributed by atoms with Gasteiger partial charge in [-0.25, -0.2) is 4.68 Å². The summed E-state index contributed by atoms with van der Waals surface area (Å²) in [4.78, 5) is 28.3. The number of hydrogen-bond donors (Lipinski definition) is 1. The summed E-state index contributed by atoms with van der Waals surface area (Å²) in [6, 6.07) is 21.0. The third-order valence-electron chi connectivity index (χ3n) is 6.28. The maximum Gasteiger partial charge on any atom is 0.259 e. The van der Waals surface area contributed by atoms with Gasteiger partial charge in [-0.05, 0) is 54.8 Å². The molecule has 2 aromatic heterocycles. The van der Waals surface area contributed by atoms with Crippen LogP contribution in [0.5, 0.6) is 0 Å². The van der Waals surface area contributed by atoms with Crippen LogP contribution in [0.15, 0.2) is 85.3 Å². The van der Waals surface area contributed by atoms with Gasteiger partial charge in [-0.3, -0.25) is 9.59 Å². The van der Waals surface area contributed by atoms with Crippen molar-refractivity contribution in [3.05, 3.63) is 101 Å². The highest BCUT2D eigenvalue weighted by Crippen LogP contribution is 2.24. The van der Waals surface area contributed by atoms with E-state index < -0.39 is 0 Å². The van der Waals surface area contributed by atoms with Gasteiger partial charge in [0.1, 0.15) is 5.56 Å². The first kappa shape index (κ1) is 22.9. The molecule has 1 atom stereocenters. The molecular formula is C27H26ClN5O2. The molecule has 2 aromatic carbocycles. The van der Waals surface area contributed by atoms with Crippen LogP contribution in [-0.2, 0) is 11.3 Å². The fraction of sp³-hybridized carbons (Fsp3) is 0.222. The molecule has 1 aliphatic heterocycles. The van der Waals surface area contributed by atoms with E-state index >= 15 is 0 Å². The number of rotatable bonds is 6. The Labute approximate surface area is 208 Å². The standard InChI is InChI=1S/C27H26ClN5O2/c28-22-12-10-20(11-13-22)17-29-25(34)21-7-6-16-32(19-21)27(35)24-18-30-33(23-8-2-1-3-9-23)26(24)31-14-4-5-15-31/h1-5,8-15,18,21H,6-7,16-17,19H2,(H,29,34)/t21-/m1/s1. The molecule has 0 saturated carbocycles. The van der Waals surface area contributed by atoms with Gasteiger partial charge in [0, 0.05) is 37.1 Å². The molecule has 1 fully saturated rings. The highest BCUT2D eigenvalue weighted by atomic mass is 35.5. The SMILES string of the molecule is O=C(NCc1ccc(Cl)cc1)[C@@H]1CCCN(C(=O)c2cnn(-c3ccccc3)c2-n2cccc2)C1. The zero-order valence-electron chi connectivity index (χ0n) is 19.2. The third-order valence-corrected chi connectivity index (χ3v) is 6.54. The monoisotopic (exact) mass is 487 g/mol. The molecule has 1 aliphatic rings. The molecule has 4 aromatic rings. The number of piperidine rings is 1. The summed E-state index contributed by atoms with van der Waals surface area (Å²) in [5.41, 5.74) is 2.36. The number of hydrogen-bond acceptors (Lipinski definition) is 3. The molecule has 7 nitrogen and oxygen atoms in total. The van der Waals surface area contributed by atoms with Crippen LogP contribution < -0.4 is 5.32 Å². The summed E-state index contributed by atoms with van der Waals surface area (Å²) in [6.07, 6.45) is 6.95. The number of halogens is 1. The lowest BCUT2D eigenvalue weighted by atomic mass is 9.96. The first-order chi connectivity index (χ1) is 17.1. The predicted molar refractivity (Wildman–Crippen MR) is 135 cm³/mol. The molecular weight excluding hydrogens is 462 g/mol. The number of likely N-dealkylation sites (tertiary alicyclic amines) is 1. The molecule has 3 heterocycles. The second-order valence-corrected chi connectivity index (χ2v) is 9.09. The van der Waals surface area contributed by atoms with Gasteiger partial charge < -0.3 is 14.8 Å². The molecule has 0 aliphatic carbocycles. The molecule has 35 heavy (non-hydrogen) atoms. The Kier molecular flexibility index (Phi) is 6.68. The molecule has 1 saturated heterocycles. The van der Waals surface area contributed by atoms with Gasteiger partial charge in [0.2, 0.25) is 5.91 Å². The Hall–Kier alpha value is -3.84. The lowest BCUT2D eigenvalue weighted by Crippen LogP contribution is -2.45. The molecule has 1 N–H and O–H groups in total. The van der Waals surface area contributed by atoms with Crippen LogP contribution in [-0.4, -0.2) is 44.2 Å². The van der Waals surface area contributed by atoms with Gasteiger partial charge >= 0.3 is 0 Å². The lowest BCUT2D eigenvalue weighted by molar-refractivity contribution is -0.126. The van der Waals surface area contributed by atoms with Crippen LogP contribution in [0.2, 0.25) is 5.02 Å². The highest BCUT2D eigenvalue weighted by molar-refractivity contribution is 6.30. The van der Waals surface area contributed by atoms with Gasteiger partial charge in [-0.1, -0.05) is 41.9 Å². The summed E-state index contributed by atoms with van der Waals surface area (Å²) in [5.74, 6) is 0.272. The van der Waals surface area contributed by atoms with Crippen molar-refractivity contribution in [2.24, 2.45) is 5.92 Å². The number of amides is 2. The van der Waals surface area contributed by atoms with Gasteiger partial charge in [0.05, 0.1) is 17.8 Å². The number of carbonyl (C=O) groups is 2. The van der Waals surface area contributed by atoms with E-state index in [1.165, 1.54) is 0 Å². The molecule has 0 unspecified atom stereocenters. The number of nitrogens with one attached hydrogen (secondary N) is 1. The van der Waals surface area contributed by atoms with E-state index in [1.54, 1.807) is 15.8 Å². The molecule has 0 bridgehead atoms. The van der Waals surface area contributed by atoms with Crippen molar-refractivity contribution < 1.29 is 9.59 Å². The van der Waals surface area contributed by atoms with E-state index in [9.17, 15) is 9.59 Å². The zero-order chi connectivity index (χ0) is 24.2. The Morgan fingerprint density at radius 2 is 1.74 bits per heavy atom. The number of nitrogens with zero attached hydrogens (tertiary/aromatic N) is 4. The Bertz CT molecular complexity index is 1300. The van der Waals surface area contributed by atoms with Crippen LogP contribution in [0.4, 0.5) is 0 Å². The van der Waals surface area contributed by atoms with Crippen molar-refractivity contribution in [2.75, 3.05) is 13.1 Å². The van der Waals surface area contributed by atoms with E-state index in [0.29, 0.717) is 36.0 Å². The summed E-state index contributed by atoms with van der Waals surface area (Å²) in [5, 5.41) is 8.21. The average molecular weight is 488 g/mol. The summed E-state index contributed by atoms with van der Waals surface area (Å²) in [7, 11) is 0. The minimum absolute atomic E-state index is 0.0388. The first-order valence-electron chi connectivity index (χ1n) is 11.7. The van der Waals surface area contributed by atoms with Crippen molar-refractivity contribution in [1.29, 1.82) is 0 Å². The Morgan fingerprint density at radius 1 is 1.00 bits per heavy atom. The van der Waals surface area contributed by atoms with Crippen LogP contribution >= 0.6 is 11.6 Å². The summed E-state index contributed by atoms with van der Waals surface area (Å²) in [6.45, 7) is 1.43. The largest absolute Gasteiger partial charge is 0.352 e. The van der Waals surface area contributed by atoms with Gasteiger partial charge in [-0.2, -0.15) is 5.10 Å². The van der Waals surface area contributed by atoms with E-state index in [-0.39, 0.29) is 17.7 Å². The molecule has 8 heteroatoms. The van der Waals surface area contributed by atoms with Crippen molar-refractivity contribution in [3.63, 3.8) is 0 Å². The topological polar surface area (TPSA) is 72.2 Å². The van der Waals surface area contributed by atoms with E-state index in [1.807, 2.05) is 83.7 Å². The normalized spacial score (nSPS) is 15.7. The van der Waals surface area contributed by atoms with Gasteiger partial charge in [-0.15, -0.1) is 0 Å². The maximum atomic E-state index is 13.7. The Morgan fingerprint density at radius 3 is 2.49 bits per heavy atom. The number of carbonyl (C=O) groups excluding carboxylic acids is 2. The molecule has 0 spiro atoms. The smallest absolute Gasteiger partial charge is 0.259 e. The predicted octanol–water partition coefficient (Wildman–Crippen LogP) is 4.49. The van der Waals surface area contributed by atoms with Crippen molar-refractivity contribution in [1.82, 2.24) is 24.6 Å². The van der Waals surface area contributed by atoms with E-state index in [4.69, 9.17) is 11.6 Å². The fourth-order valence-corrected chi connectivity index (χ4v) is 4.58. The lowest BCUT2D eigenvalue weighted by Gasteiger charge is -2.32. The number of benzene rings is 2. The first-order valence-corrected chi connectivity index (χ1v) is 12.1. The van der Waals surface area contributed by atoms with Crippen molar-refractivity contribution in [2.45, 2.75) is 19.4 Å². The van der Waals surface area contributed by atoms with Crippen LogP contribution in [0.3, 0.4) is 0 Å². The fourth-order valence-electron chi connectivity index (χ4n) is 4.46. The Balaban J connectivity index is 1.33.